The van der Waals surface area contributed by atoms with Crippen LogP contribution in [0.15, 0.2) is 68.6 Å². The zero-order chi connectivity index (χ0) is 22.1. The van der Waals surface area contributed by atoms with E-state index in [2.05, 4.69) is 49.1 Å². The summed E-state index contributed by atoms with van der Waals surface area (Å²) < 4.78 is 3.31. The molecule has 0 fully saturated rings. The SMILES string of the molecule is CCc1sc2ncn(C(C)C(=O)Nc3ccc(Br)cc3)c(=O)c2c1-c1ccc(Br)cc1. The van der Waals surface area contributed by atoms with Crippen molar-refractivity contribution >= 4 is 65.0 Å². The van der Waals surface area contributed by atoms with Gasteiger partial charge in [-0.3, -0.25) is 14.2 Å². The number of nitrogens with one attached hydrogen (secondary N) is 1. The number of anilines is 1. The lowest BCUT2D eigenvalue weighted by Crippen LogP contribution is -2.31. The molecule has 0 saturated heterocycles. The Balaban J connectivity index is 1.77. The number of aryl methyl sites for hydroxylation is 1. The molecule has 0 bridgehead atoms. The molecule has 2 aromatic heterocycles. The Morgan fingerprint density at radius 2 is 1.71 bits per heavy atom. The first-order chi connectivity index (χ1) is 14.9. The van der Waals surface area contributed by atoms with Crippen LogP contribution in [0.25, 0.3) is 21.3 Å². The van der Waals surface area contributed by atoms with E-state index >= 15 is 0 Å². The van der Waals surface area contributed by atoms with E-state index in [1.807, 2.05) is 36.4 Å². The van der Waals surface area contributed by atoms with E-state index < -0.39 is 6.04 Å². The first-order valence-electron chi connectivity index (χ1n) is 9.74. The maximum atomic E-state index is 13.5. The van der Waals surface area contributed by atoms with Crippen LogP contribution >= 0.6 is 43.2 Å². The largest absolute Gasteiger partial charge is 0.324 e. The fourth-order valence-electron chi connectivity index (χ4n) is 3.40. The number of carbonyl (C=O) groups excluding carboxylic acids is 1. The summed E-state index contributed by atoms with van der Waals surface area (Å²) in [6.45, 7) is 3.77. The van der Waals surface area contributed by atoms with Gasteiger partial charge in [0, 0.05) is 25.1 Å². The number of halogens is 2. The summed E-state index contributed by atoms with van der Waals surface area (Å²) in [6.07, 6.45) is 2.27. The highest BCUT2D eigenvalue weighted by Crippen LogP contribution is 2.37. The second kappa shape index (κ2) is 9.06. The van der Waals surface area contributed by atoms with Gasteiger partial charge < -0.3 is 5.32 Å². The van der Waals surface area contributed by atoms with E-state index in [9.17, 15) is 9.59 Å². The Morgan fingerprint density at radius 3 is 2.32 bits per heavy atom. The maximum Gasteiger partial charge on any atom is 0.263 e. The number of rotatable bonds is 5. The fourth-order valence-corrected chi connectivity index (χ4v) is 5.02. The van der Waals surface area contributed by atoms with E-state index in [0.717, 1.165) is 31.4 Å². The molecule has 2 heterocycles. The number of hydrogen-bond donors (Lipinski definition) is 1. The molecule has 31 heavy (non-hydrogen) atoms. The minimum atomic E-state index is -0.712. The highest BCUT2D eigenvalue weighted by molar-refractivity contribution is 9.10. The van der Waals surface area contributed by atoms with Gasteiger partial charge in [0.2, 0.25) is 5.91 Å². The first-order valence-corrected chi connectivity index (χ1v) is 12.1. The Kier molecular flexibility index (Phi) is 6.41. The lowest BCUT2D eigenvalue weighted by atomic mass is 10.0. The molecule has 0 aliphatic carbocycles. The lowest BCUT2D eigenvalue weighted by molar-refractivity contribution is -0.118. The number of hydrogen-bond acceptors (Lipinski definition) is 4. The molecular weight excluding hydrogens is 542 g/mol. The second-order valence-corrected chi connectivity index (χ2v) is 9.98. The van der Waals surface area contributed by atoms with E-state index in [0.29, 0.717) is 15.9 Å². The topological polar surface area (TPSA) is 64.0 Å². The van der Waals surface area contributed by atoms with E-state index in [1.54, 1.807) is 19.1 Å². The molecule has 158 valence electrons. The molecule has 0 aliphatic rings. The van der Waals surface area contributed by atoms with Crippen LogP contribution < -0.4 is 10.9 Å². The molecule has 1 unspecified atom stereocenters. The molecule has 8 heteroatoms. The summed E-state index contributed by atoms with van der Waals surface area (Å²) in [7, 11) is 0. The summed E-state index contributed by atoms with van der Waals surface area (Å²) in [4.78, 5) is 32.6. The Bertz CT molecular complexity index is 1310. The number of thiophene rings is 1. The van der Waals surface area contributed by atoms with Crippen LogP contribution in [0.2, 0.25) is 0 Å². The average molecular weight is 561 g/mol. The van der Waals surface area contributed by atoms with Gasteiger partial charge in [0.05, 0.1) is 11.7 Å². The molecule has 0 radical (unpaired) electrons. The van der Waals surface area contributed by atoms with E-state index in [4.69, 9.17) is 0 Å². The van der Waals surface area contributed by atoms with Gasteiger partial charge in [-0.25, -0.2) is 4.98 Å². The fraction of sp³-hybridized carbons (Fsp3) is 0.174. The van der Waals surface area contributed by atoms with Crippen molar-refractivity contribution in [3.05, 3.63) is 79.0 Å². The lowest BCUT2D eigenvalue weighted by Gasteiger charge is -2.15. The number of benzene rings is 2. The molecule has 1 N–H and O–H groups in total. The second-order valence-electron chi connectivity index (χ2n) is 7.07. The number of amides is 1. The quantitative estimate of drug-likeness (QED) is 0.306. The van der Waals surface area contributed by atoms with Crippen molar-refractivity contribution in [2.45, 2.75) is 26.3 Å². The smallest absolute Gasteiger partial charge is 0.263 e. The van der Waals surface area contributed by atoms with Crippen LogP contribution in [0.3, 0.4) is 0 Å². The molecular formula is C23H19Br2N3O2S. The maximum absolute atomic E-state index is 13.5. The Labute approximate surface area is 200 Å². The molecule has 1 atom stereocenters. The number of fused-ring (bicyclic) bond motifs is 1. The molecule has 0 saturated carbocycles. The molecule has 4 aromatic rings. The van der Waals surface area contributed by atoms with E-state index in [1.165, 1.54) is 22.2 Å². The average Bonchev–Trinajstić information content (AvgIpc) is 3.15. The van der Waals surface area contributed by atoms with Crippen LogP contribution in [0.5, 0.6) is 0 Å². The third-order valence-electron chi connectivity index (χ3n) is 5.07. The highest BCUT2D eigenvalue weighted by atomic mass is 79.9. The third kappa shape index (κ3) is 4.37. The minimum absolute atomic E-state index is 0.211. The summed E-state index contributed by atoms with van der Waals surface area (Å²) in [5.74, 6) is -0.276. The first kappa shape index (κ1) is 21.9. The van der Waals surface area contributed by atoms with Crippen LogP contribution in [0.4, 0.5) is 5.69 Å². The molecule has 2 aromatic carbocycles. The summed E-state index contributed by atoms with van der Waals surface area (Å²) >= 11 is 8.37. The minimum Gasteiger partial charge on any atom is -0.324 e. The van der Waals surface area contributed by atoms with Gasteiger partial charge in [-0.2, -0.15) is 0 Å². The molecule has 0 spiro atoms. The van der Waals surface area contributed by atoms with Gasteiger partial charge in [-0.15, -0.1) is 11.3 Å². The molecule has 0 aliphatic heterocycles. The third-order valence-corrected chi connectivity index (χ3v) is 7.37. The number of aromatic nitrogens is 2. The zero-order valence-corrected chi connectivity index (χ0v) is 20.8. The Hall–Kier alpha value is -2.29. The molecule has 4 rings (SSSR count). The van der Waals surface area contributed by atoms with Crippen molar-refractivity contribution in [3.63, 3.8) is 0 Å². The molecule has 5 nitrogen and oxygen atoms in total. The predicted octanol–water partition coefficient (Wildman–Crippen LogP) is 6.41. The predicted molar refractivity (Wildman–Crippen MR) is 134 cm³/mol. The van der Waals surface area contributed by atoms with Gasteiger partial charge in [-0.1, -0.05) is 50.9 Å². The van der Waals surface area contributed by atoms with Gasteiger partial charge in [-0.05, 0) is 55.3 Å². The number of nitrogens with zero attached hydrogens (tertiary/aromatic N) is 2. The summed E-state index contributed by atoms with van der Waals surface area (Å²) in [5.41, 5.74) is 2.33. The monoisotopic (exact) mass is 559 g/mol. The van der Waals surface area contributed by atoms with Crippen molar-refractivity contribution in [1.29, 1.82) is 0 Å². The van der Waals surface area contributed by atoms with Crippen molar-refractivity contribution < 1.29 is 4.79 Å². The summed E-state index contributed by atoms with van der Waals surface area (Å²) in [6, 6.07) is 14.5. The van der Waals surface area contributed by atoms with Crippen molar-refractivity contribution in [2.75, 3.05) is 5.32 Å². The van der Waals surface area contributed by atoms with Gasteiger partial charge in [0.1, 0.15) is 10.9 Å². The van der Waals surface area contributed by atoms with E-state index in [-0.39, 0.29) is 11.5 Å². The van der Waals surface area contributed by atoms with Gasteiger partial charge in [0.25, 0.3) is 5.56 Å². The van der Waals surface area contributed by atoms with Gasteiger partial charge >= 0.3 is 0 Å². The van der Waals surface area contributed by atoms with Crippen molar-refractivity contribution in [3.8, 4) is 11.1 Å². The van der Waals surface area contributed by atoms with Crippen molar-refractivity contribution in [2.24, 2.45) is 0 Å². The zero-order valence-electron chi connectivity index (χ0n) is 16.9. The molecule has 1 amide bonds. The highest BCUT2D eigenvalue weighted by Gasteiger charge is 2.22. The number of carbonyl (C=O) groups is 1. The Morgan fingerprint density at radius 1 is 1.10 bits per heavy atom. The van der Waals surface area contributed by atoms with Gasteiger partial charge in [0.15, 0.2) is 0 Å². The van der Waals surface area contributed by atoms with Crippen molar-refractivity contribution in [1.82, 2.24) is 9.55 Å². The van der Waals surface area contributed by atoms with Crippen LogP contribution in [-0.4, -0.2) is 15.5 Å². The summed E-state index contributed by atoms with van der Waals surface area (Å²) in [5, 5.41) is 3.43. The van der Waals surface area contributed by atoms with Crippen LogP contribution in [0.1, 0.15) is 24.8 Å². The van der Waals surface area contributed by atoms with Crippen LogP contribution in [-0.2, 0) is 11.2 Å². The standard InChI is InChI=1S/C23H19Br2N3O2S/c1-3-18-19(14-4-6-15(24)7-5-14)20-22(31-18)26-12-28(23(20)30)13(2)21(29)27-17-10-8-16(25)9-11-17/h4-13H,3H2,1-2H3,(H,27,29). The van der Waals surface area contributed by atoms with Crippen LogP contribution in [0, 0.1) is 0 Å². The normalized spacial score (nSPS) is 12.1.